The summed E-state index contributed by atoms with van der Waals surface area (Å²) in [4.78, 5) is 0. The van der Waals surface area contributed by atoms with Gasteiger partial charge in [0, 0.05) is 15.4 Å². The molecule has 0 bridgehead atoms. The van der Waals surface area contributed by atoms with Gasteiger partial charge in [-0.05, 0) is 30.0 Å². The first-order chi connectivity index (χ1) is 6.69. The monoisotopic (exact) mass is 292 g/mol. The van der Waals surface area contributed by atoms with Crippen molar-refractivity contribution in [3.63, 3.8) is 0 Å². The molecule has 0 N–H and O–H groups in total. The zero-order chi connectivity index (χ0) is 10.6. The Morgan fingerprint density at radius 2 is 2.14 bits per heavy atom. The van der Waals surface area contributed by atoms with Crippen LogP contribution in [0.4, 0.5) is 0 Å². The number of hydrogen-bond acceptors (Lipinski definition) is 0. The van der Waals surface area contributed by atoms with E-state index in [9.17, 15) is 0 Å². The molecule has 0 saturated heterocycles. The van der Waals surface area contributed by atoms with Crippen LogP contribution < -0.4 is 0 Å². The van der Waals surface area contributed by atoms with Crippen molar-refractivity contribution in [2.75, 3.05) is 5.33 Å². The van der Waals surface area contributed by atoms with E-state index in [4.69, 9.17) is 23.2 Å². The summed E-state index contributed by atoms with van der Waals surface area (Å²) in [5, 5.41) is 2.27. The molecule has 1 atom stereocenters. The normalized spacial score (nSPS) is 12.5. The molecular weight excluding hydrogens is 283 g/mol. The van der Waals surface area contributed by atoms with E-state index in [2.05, 4.69) is 22.5 Å². The third-order valence-corrected chi connectivity index (χ3v) is 3.38. The minimum Gasteiger partial charge on any atom is -0.103 e. The van der Waals surface area contributed by atoms with Crippen LogP contribution in [-0.4, -0.2) is 5.33 Å². The highest BCUT2D eigenvalue weighted by molar-refractivity contribution is 9.09. The lowest BCUT2D eigenvalue weighted by Crippen LogP contribution is -1.99. The second-order valence-electron chi connectivity index (χ2n) is 3.04. The van der Waals surface area contributed by atoms with Crippen molar-refractivity contribution in [3.8, 4) is 0 Å². The molecule has 0 amide bonds. The molecule has 0 aliphatic carbocycles. The first-order valence-corrected chi connectivity index (χ1v) is 6.18. The van der Waals surface area contributed by atoms with Crippen LogP contribution in [0.15, 0.2) is 30.9 Å². The maximum absolute atomic E-state index is 6.10. The molecule has 0 heterocycles. The first-order valence-electron chi connectivity index (χ1n) is 4.30. The molecule has 1 aromatic rings. The molecule has 0 aromatic heterocycles. The Hall–Kier alpha value is 0.0200. The second-order valence-corrected chi connectivity index (χ2v) is 4.53. The summed E-state index contributed by atoms with van der Waals surface area (Å²) >= 11 is 15.4. The topological polar surface area (TPSA) is 0 Å². The molecule has 14 heavy (non-hydrogen) atoms. The number of alkyl halides is 1. The number of hydrogen-bond donors (Lipinski definition) is 0. The van der Waals surface area contributed by atoms with Crippen LogP contribution in [0.5, 0.6) is 0 Å². The first kappa shape index (κ1) is 12.1. The summed E-state index contributed by atoms with van der Waals surface area (Å²) in [5.74, 6) is 0.372. The second kappa shape index (κ2) is 5.79. The summed E-state index contributed by atoms with van der Waals surface area (Å²) in [5.41, 5.74) is 1.12. The van der Waals surface area contributed by atoms with Gasteiger partial charge >= 0.3 is 0 Å². The van der Waals surface area contributed by atoms with E-state index in [1.165, 1.54) is 0 Å². The molecule has 0 radical (unpaired) electrons. The molecule has 1 unspecified atom stereocenters. The minimum absolute atomic E-state index is 0.372. The summed E-state index contributed by atoms with van der Waals surface area (Å²) in [6.45, 7) is 3.73. The summed E-state index contributed by atoms with van der Waals surface area (Å²) in [6.07, 6.45) is 2.81. The van der Waals surface area contributed by atoms with Crippen molar-refractivity contribution >= 4 is 39.1 Å². The van der Waals surface area contributed by atoms with E-state index < -0.39 is 0 Å². The summed E-state index contributed by atoms with van der Waals surface area (Å²) in [7, 11) is 0. The number of allylic oxidation sites excluding steroid dienone is 1. The van der Waals surface area contributed by atoms with Crippen molar-refractivity contribution in [1.82, 2.24) is 0 Å². The van der Waals surface area contributed by atoms with Crippen molar-refractivity contribution in [3.05, 3.63) is 46.5 Å². The van der Waals surface area contributed by atoms with Gasteiger partial charge in [0.15, 0.2) is 0 Å². The Balaban J connectivity index is 2.97. The van der Waals surface area contributed by atoms with E-state index in [1.807, 2.05) is 18.2 Å². The molecule has 3 heteroatoms. The van der Waals surface area contributed by atoms with Crippen molar-refractivity contribution in [2.24, 2.45) is 0 Å². The van der Waals surface area contributed by atoms with Gasteiger partial charge in [0.1, 0.15) is 0 Å². The molecule has 0 aliphatic heterocycles. The molecular formula is C11H11BrCl2. The van der Waals surface area contributed by atoms with E-state index >= 15 is 0 Å². The Bertz CT molecular complexity index is 323. The molecule has 0 spiro atoms. The lowest BCUT2D eigenvalue weighted by Gasteiger charge is -2.13. The fraction of sp³-hybridized carbons (Fsp3) is 0.273. The number of benzene rings is 1. The molecule has 0 fully saturated rings. The molecule has 1 rings (SSSR count). The average molecular weight is 294 g/mol. The van der Waals surface area contributed by atoms with Crippen LogP contribution in [0, 0.1) is 0 Å². The van der Waals surface area contributed by atoms with Gasteiger partial charge in [-0.2, -0.15) is 0 Å². The zero-order valence-corrected chi connectivity index (χ0v) is 10.7. The average Bonchev–Trinajstić information content (AvgIpc) is 2.15. The summed E-state index contributed by atoms with van der Waals surface area (Å²) in [6, 6.07) is 5.61. The molecule has 0 nitrogen and oxygen atoms in total. The van der Waals surface area contributed by atoms with Crippen molar-refractivity contribution in [2.45, 2.75) is 12.3 Å². The Kier molecular flexibility index (Phi) is 5.00. The maximum atomic E-state index is 6.10. The maximum Gasteiger partial charge on any atom is 0.0456 e. The van der Waals surface area contributed by atoms with Gasteiger partial charge in [0.05, 0.1) is 0 Å². The van der Waals surface area contributed by atoms with Gasteiger partial charge in [0.25, 0.3) is 0 Å². The minimum atomic E-state index is 0.372. The smallest absolute Gasteiger partial charge is 0.0456 e. The van der Waals surface area contributed by atoms with Gasteiger partial charge in [0.2, 0.25) is 0 Å². The molecule has 0 saturated carbocycles. The fourth-order valence-electron chi connectivity index (χ4n) is 1.31. The van der Waals surface area contributed by atoms with Gasteiger partial charge < -0.3 is 0 Å². The Morgan fingerprint density at radius 3 is 2.64 bits per heavy atom. The highest BCUT2D eigenvalue weighted by Crippen LogP contribution is 2.30. The van der Waals surface area contributed by atoms with Crippen molar-refractivity contribution in [1.29, 1.82) is 0 Å². The predicted octanol–water partition coefficient (Wildman–Crippen LogP) is 5.05. The third-order valence-electron chi connectivity index (χ3n) is 2.04. The van der Waals surface area contributed by atoms with Gasteiger partial charge in [-0.15, -0.1) is 6.58 Å². The molecule has 76 valence electrons. The Labute approximate surface area is 103 Å². The van der Waals surface area contributed by atoms with Crippen molar-refractivity contribution < 1.29 is 0 Å². The standard InChI is InChI=1S/C11H11BrCl2/c1-2-3-8(7-12)10-5-4-9(13)6-11(10)14/h2,4-6,8H,1,3,7H2. The van der Waals surface area contributed by atoms with Crippen LogP contribution in [0.3, 0.4) is 0 Å². The fourth-order valence-corrected chi connectivity index (χ4v) is 2.48. The van der Waals surface area contributed by atoms with Gasteiger partial charge in [-0.3, -0.25) is 0 Å². The van der Waals surface area contributed by atoms with Gasteiger partial charge in [-0.25, -0.2) is 0 Å². The zero-order valence-electron chi connectivity index (χ0n) is 7.64. The third kappa shape index (κ3) is 3.01. The van der Waals surface area contributed by atoms with E-state index in [0.29, 0.717) is 10.9 Å². The molecule has 0 aliphatic rings. The van der Waals surface area contributed by atoms with E-state index in [-0.39, 0.29) is 0 Å². The highest BCUT2D eigenvalue weighted by atomic mass is 79.9. The summed E-state index contributed by atoms with van der Waals surface area (Å²) < 4.78 is 0. The predicted molar refractivity (Wildman–Crippen MR) is 67.8 cm³/mol. The van der Waals surface area contributed by atoms with Crippen LogP contribution >= 0.6 is 39.1 Å². The van der Waals surface area contributed by atoms with E-state index in [0.717, 1.165) is 22.3 Å². The number of halogens is 3. The van der Waals surface area contributed by atoms with E-state index in [1.54, 1.807) is 6.07 Å². The SMILES string of the molecule is C=CCC(CBr)c1ccc(Cl)cc1Cl. The quantitative estimate of drug-likeness (QED) is 0.538. The van der Waals surface area contributed by atoms with Crippen LogP contribution in [0.2, 0.25) is 10.0 Å². The van der Waals surface area contributed by atoms with Crippen LogP contribution in [-0.2, 0) is 0 Å². The number of rotatable bonds is 4. The highest BCUT2D eigenvalue weighted by Gasteiger charge is 2.12. The van der Waals surface area contributed by atoms with Gasteiger partial charge in [-0.1, -0.05) is 51.3 Å². The Morgan fingerprint density at radius 1 is 1.43 bits per heavy atom. The molecule has 1 aromatic carbocycles. The van der Waals surface area contributed by atoms with Crippen LogP contribution in [0.25, 0.3) is 0 Å². The van der Waals surface area contributed by atoms with Crippen LogP contribution in [0.1, 0.15) is 17.9 Å². The lowest BCUT2D eigenvalue weighted by atomic mass is 9.98. The lowest BCUT2D eigenvalue weighted by molar-refractivity contribution is 0.800. The largest absolute Gasteiger partial charge is 0.103 e.